The molecule has 0 saturated carbocycles. The fourth-order valence-electron chi connectivity index (χ4n) is 3.76. The predicted molar refractivity (Wildman–Crippen MR) is 111 cm³/mol. The van der Waals surface area contributed by atoms with Crippen molar-refractivity contribution < 1.29 is 4.79 Å². The van der Waals surface area contributed by atoms with Gasteiger partial charge in [-0.3, -0.25) is 15.0 Å². The summed E-state index contributed by atoms with van der Waals surface area (Å²) >= 11 is 0. The minimum Gasteiger partial charge on any atom is -0.334 e. The molecule has 0 aliphatic carbocycles. The SMILES string of the molecule is CN1Cc2ccc(C(=O)Nc3ncc4ccc(-c5cncn5C)cc4n3)cc2C1. The van der Waals surface area contributed by atoms with E-state index < -0.39 is 0 Å². The summed E-state index contributed by atoms with van der Waals surface area (Å²) < 4.78 is 1.95. The van der Waals surface area contributed by atoms with Gasteiger partial charge in [0, 0.05) is 42.8 Å². The minimum atomic E-state index is -0.204. The molecular formula is C22H20N6O. The van der Waals surface area contributed by atoms with Gasteiger partial charge in [-0.2, -0.15) is 0 Å². The van der Waals surface area contributed by atoms with Crippen molar-refractivity contribution in [1.29, 1.82) is 0 Å². The van der Waals surface area contributed by atoms with E-state index in [4.69, 9.17) is 0 Å². The van der Waals surface area contributed by atoms with Crippen LogP contribution < -0.4 is 5.32 Å². The third-order valence-corrected chi connectivity index (χ3v) is 5.27. The van der Waals surface area contributed by atoms with Gasteiger partial charge in [-0.15, -0.1) is 0 Å². The van der Waals surface area contributed by atoms with E-state index >= 15 is 0 Å². The van der Waals surface area contributed by atoms with Crippen molar-refractivity contribution in [3.63, 3.8) is 0 Å². The Morgan fingerprint density at radius 1 is 1.03 bits per heavy atom. The van der Waals surface area contributed by atoms with Crippen LogP contribution in [0, 0.1) is 0 Å². The molecule has 0 spiro atoms. The second-order valence-electron chi connectivity index (χ2n) is 7.47. The molecule has 3 heterocycles. The first-order valence-corrected chi connectivity index (χ1v) is 9.42. The molecule has 7 nitrogen and oxygen atoms in total. The molecule has 2 aromatic heterocycles. The van der Waals surface area contributed by atoms with Crippen molar-refractivity contribution in [2.45, 2.75) is 13.1 Å². The van der Waals surface area contributed by atoms with Gasteiger partial charge in [0.15, 0.2) is 0 Å². The first-order chi connectivity index (χ1) is 14.1. The fraction of sp³-hybridized carbons (Fsp3) is 0.182. The van der Waals surface area contributed by atoms with Gasteiger partial charge >= 0.3 is 0 Å². The number of nitrogens with zero attached hydrogens (tertiary/aromatic N) is 5. The number of anilines is 1. The van der Waals surface area contributed by atoms with Crippen LogP contribution in [0.25, 0.3) is 22.2 Å². The smallest absolute Gasteiger partial charge is 0.258 e. The van der Waals surface area contributed by atoms with Crippen molar-refractivity contribution in [2.75, 3.05) is 12.4 Å². The highest BCUT2D eigenvalue weighted by molar-refractivity contribution is 6.03. The number of hydrogen-bond donors (Lipinski definition) is 1. The second kappa shape index (κ2) is 6.79. The molecule has 1 amide bonds. The summed E-state index contributed by atoms with van der Waals surface area (Å²) in [7, 11) is 4.02. The lowest BCUT2D eigenvalue weighted by Gasteiger charge is -2.08. The topological polar surface area (TPSA) is 75.9 Å². The molecule has 7 heteroatoms. The Balaban J connectivity index is 1.42. The zero-order chi connectivity index (χ0) is 20.0. The number of rotatable bonds is 3. The molecule has 0 atom stereocenters. The number of carbonyl (C=O) groups excluding carboxylic acids is 1. The van der Waals surface area contributed by atoms with Gasteiger partial charge in [-0.25, -0.2) is 15.0 Å². The van der Waals surface area contributed by atoms with Crippen LogP contribution in [0.15, 0.2) is 55.1 Å². The van der Waals surface area contributed by atoms with Gasteiger partial charge in [-0.05, 0) is 36.4 Å². The molecule has 2 aromatic carbocycles. The lowest BCUT2D eigenvalue weighted by Crippen LogP contribution is -2.14. The van der Waals surface area contributed by atoms with Gasteiger partial charge in [-0.1, -0.05) is 18.2 Å². The first kappa shape index (κ1) is 17.5. The molecule has 0 unspecified atom stereocenters. The minimum absolute atomic E-state index is 0.204. The Kier molecular flexibility index (Phi) is 4.10. The third-order valence-electron chi connectivity index (χ3n) is 5.27. The first-order valence-electron chi connectivity index (χ1n) is 9.42. The van der Waals surface area contributed by atoms with Crippen molar-refractivity contribution in [2.24, 2.45) is 7.05 Å². The largest absolute Gasteiger partial charge is 0.334 e. The number of benzene rings is 2. The Labute approximate surface area is 168 Å². The summed E-state index contributed by atoms with van der Waals surface area (Å²) in [6, 6.07) is 11.8. The lowest BCUT2D eigenvalue weighted by atomic mass is 10.1. The maximum absolute atomic E-state index is 12.7. The van der Waals surface area contributed by atoms with Crippen LogP contribution in [0.4, 0.5) is 5.95 Å². The molecule has 5 rings (SSSR count). The van der Waals surface area contributed by atoms with E-state index in [2.05, 4.69) is 32.2 Å². The Bertz CT molecular complexity index is 1250. The summed E-state index contributed by atoms with van der Waals surface area (Å²) in [4.78, 5) is 27.9. The Morgan fingerprint density at radius 2 is 1.90 bits per heavy atom. The molecule has 29 heavy (non-hydrogen) atoms. The van der Waals surface area contributed by atoms with E-state index in [0.29, 0.717) is 11.5 Å². The van der Waals surface area contributed by atoms with Crippen LogP contribution in [-0.2, 0) is 20.1 Å². The molecule has 0 fully saturated rings. The highest BCUT2D eigenvalue weighted by Gasteiger charge is 2.18. The molecular weight excluding hydrogens is 364 g/mol. The number of aromatic nitrogens is 4. The van der Waals surface area contributed by atoms with Crippen molar-refractivity contribution >= 4 is 22.8 Å². The highest BCUT2D eigenvalue weighted by atomic mass is 16.1. The van der Waals surface area contributed by atoms with Crippen LogP contribution in [0.5, 0.6) is 0 Å². The number of imidazole rings is 1. The fourth-order valence-corrected chi connectivity index (χ4v) is 3.76. The van der Waals surface area contributed by atoms with Crippen molar-refractivity contribution in [3.8, 4) is 11.3 Å². The monoisotopic (exact) mass is 384 g/mol. The highest BCUT2D eigenvalue weighted by Crippen LogP contribution is 2.24. The molecule has 0 saturated heterocycles. The van der Waals surface area contributed by atoms with E-state index in [1.165, 1.54) is 11.1 Å². The molecule has 0 radical (unpaired) electrons. The van der Waals surface area contributed by atoms with Crippen LogP contribution >= 0.6 is 0 Å². The summed E-state index contributed by atoms with van der Waals surface area (Å²) in [6.07, 6.45) is 5.30. The van der Waals surface area contributed by atoms with Gasteiger partial charge < -0.3 is 4.57 Å². The van der Waals surface area contributed by atoms with Crippen molar-refractivity contribution in [3.05, 3.63) is 71.8 Å². The maximum atomic E-state index is 12.7. The molecule has 1 N–H and O–H groups in total. The number of amides is 1. The maximum Gasteiger partial charge on any atom is 0.258 e. The Morgan fingerprint density at radius 3 is 2.72 bits per heavy atom. The van der Waals surface area contributed by atoms with Crippen LogP contribution in [0.1, 0.15) is 21.5 Å². The summed E-state index contributed by atoms with van der Waals surface area (Å²) in [6.45, 7) is 1.78. The van der Waals surface area contributed by atoms with E-state index in [1.807, 2.05) is 54.2 Å². The standard InChI is InChI=1S/C22H20N6O/c1-27-11-17-6-4-15(7-18(17)12-27)21(29)26-22-24-9-16-5-3-14(8-19(16)25-22)20-10-23-13-28(20)2/h3-10,13H,11-12H2,1-2H3,(H,24,25,26,29). The normalized spacial score (nSPS) is 13.6. The van der Waals surface area contributed by atoms with Gasteiger partial charge in [0.05, 0.1) is 23.7 Å². The van der Waals surface area contributed by atoms with Crippen LogP contribution in [0.3, 0.4) is 0 Å². The zero-order valence-electron chi connectivity index (χ0n) is 16.3. The average molecular weight is 384 g/mol. The third kappa shape index (κ3) is 3.25. The molecule has 4 aromatic rings. The molecule has 144 valence electrons. The molecule has 1 aliphatic rings. The number of aryl methyl sites for hydroxylation is 1. The van der Waals surface area contributed by atoms with Gasteiger partial charge in [0.2, 0.25) is 5.95 Å². The molecule has 0 bridgehead atoms. The van der Waals surface area contributed by atoms with Gasteiger partial charge in [0.1, 0.15) is 0 Å². The number of fused-ring (bicyclic) bond motifs is 2. The van der Waals surface area contributed by atoms with Crippen LogP contribution in [-0.4, -0.2) is 37.4 Å². The number of carbonyl (C=O) groups is 1. The average Bonchev–Trinajstić information content (AvgIpc) is 3.31. The second-order valence-corrected chi connectivity index (χ2v) is 7.47. The summed E-state index contributed by atoms with van der Waals surface area (Å²) in [5.41, 5.74) is 5.86. The van der Waals surface area contributed by atoms with E-state index in [1.54, 1.807) is 12.5 Å². The summed E-state index contributed by atoms with van der Waals surface area (Å²) in [5, 5.41) is 3.74. The predicted octanol–water partition coefficient (Wildman–Crippen LogP) is 3.23. The zero-order valence-corrected chi connectivity index (χ0v) is 16.3. The quantitative estimate of drug-likeness (QED) is 0.587. The van der Waals surface area contributed by atoms with Crippen molar-refractivity contribution in [1.82, 2.24) is 24.4 Å². The number of nitrogens with one attached hydrogen (secondary N) is 1. The lowest BCUT2D eigenvalue weighted by molar-refractivity contribution is 0.102. The van der Waals surface area contributed by atoms with E-state index in [9.17, 15) is 4.79 Å². The van der Waals surface area contributed by atoms with Crippen LogP contribution in [0.2, 0.25) is 0 Å². The van der Waals surface area contributed by atoms with E-state index in [-0.39, 0.29) is 5.91 Å². The Hall–Kier alpha value is -3.58. The summed E-state index contributed by atoms with van der Waals surface area (Å²) in [5.74, 6) is 0.0896. The van der Waals surface area contributed by atoms with Gasteiger partial charge in [0.25, 0.3) is 5.91 Å². The molecule has 1 aliphatic heterocycles. The van der Waals surface area contributed by atoms with E-state index in [0.717, 1.165) is 35.2 Å². The number of hydrogen-bond acceptors (Lipinski definition) is 5.